The number of thiophene rings is 1. The van der Waals surface area contributed by atoms with E-state index in [0.717, 1.165) is 27.8 Å². The highest BCUT2D eigenvalue weighted by molar-refractivity contribution is 7.19. The minimum atomic E-state index is -0.155. The van der Waals surface area contributed by atoms with Crippen molar-refractivity contribution < 1.29 is 9.90 Å². The number of amides is 1. The van der Waals surface area contributed by atoms with Gasteiger partial charge in [-0.15, -0.1) is 11.3 Å². The molecule has 23 heavy (non-hydrogen) atoms. The van der Waals surface area contributed by atoms with Crippen LogP contribution < -0.4 is 10.6 Å². The number of aliphatic hydroxyl groups is 1. The first-order valence-corrected chi connectivity index (χ1v) is 8.61. The van der Waals surface area contributed by atoms with Crippen molar-refractivity contribution in [2.75, 3.05) is 6.61 Å². The van der Waals surface area contributed by atoms with Crippen LogP contribution in [0, 0.1) is 11.8 Å². The van der Waals surface area contributed by atoms with Gasteiger partial charge in [-0.1, -0.05) is 11.8 Å². The summed E-state index contributed by atoms with van der Waals surface area (Å²) >= 11 is 1.51. The number of carbonyl (C=O) groups excluding carboxylic acids is 1. The van der Waals surface area contributed by atoms with Gasteiger partial charge in [0, 0.05) is 34.4 Å². The number of carbonyl (C=O) groups is 1. The monoisotopic (exact) mass is 327 g/mol. The van der Waals surface area contributed by atoms with Crippen molar-refractivity contribution in [1.29, 1.82) is 0 Å². The lowest BCUT2D eigenvalue weighted by Gasteiger charge is -2.21. The molecule has 0 unspecified atom stereocenters. The molecule has 0 spiro atoms. The van der Waals surface area contributed by atoms with Crippen molar-refractivity contribution in [2.45, 2.75) is 37.4 Å². The summed E-state index contributed by atoms with van der Waals surface area (Å²) in [6, 6.07) is 4.94. The first-order chi connectivity index (χ1) is 11.2. The molecule has 2 bridgehead atoms. The van der Waals surface area contributed by atoms with Crippen LogP contribution in [0.25, 0.3) is 10.1 Å². The summed E-state index contributed by atoms with van der Waals surface area (Å²) in [5.74, 6) is 5.42. The SMILES string of the molecule is O=C(N[C@@H]1C[C@H]2CC[C@@H]1N2)c1cc2sc(C#CCO)cc2cn1. The number of hydrogen-bond donors (Lipinski definition) is 3. The van der Waals surface area contributed by atoms with E-state index in [9.17, 15) is 4.79 Å². The quantitative estimate of drug-likeness (QED) is 0.726. The molecule has 2 saturated heterocycles. The Morgan fingerprint density at radius 2 is 2.39 bits per heavy atom. The van der Waals surface area contributed by atoms with Crippen LogP contribution in [-0.2, 0) is 0 Å². The van der Waals surface area contributed by atoms with E-state index < -0.39 is 0 Å². The Hall–Kier alpha value is -1.94. The standard InChI is InChI=1S/C17H17N3O2S/c21-5-1-2-12-6-10-9-18-15(8-16(10)23-12)17(22)20-14-7-11-3-4-13(14)19-11/h6,8-9,11,13-14,19,21H,3-5,7H2,(H,20,22)/t11-,13+,14-/m1/s1. The summed E-state index contributed by atoms with van der Waals surface area (Å²) in [5.41, 5.74) is 0.448. The second kappa shape index (κ2) is 5.93. The second-order valence-electron chi connectivity index (χ2n) is 6.04. The summed E-state index contributed by atoms with van der Waals surface area (Å²) in [7, 11) is 0. The number of rotatable bonds is 2. The number of aromatic nitrogens is 1. The van der Waals surface area contributed by atoms with Crippen LogP contribution >= 0.6 is 11.3 Å². The van der Waals surface area contributed by atoms with Gasteiger partial charge in [0.05, 0.1) is 4.88 Å². The van der Waals surface area contributed by atoms with Gasteiger partial charge < -0.3 is 15.7 Å². The summed E-state index contributed by atoms with van der Waals surface area (Å²) in [5, 5.41) is 16.4. The molecule has 2 aromatic heterocycles. The van der Waals surface area contributed by atoms with Gasteiger partial charge in [-0.3, -0.25) is 9.78 Å². The van der Waals surface area contributed by atoms with E-state index in [-0.39, 0.29) is 18.6 Å². The number of nitrogens with zero attached hydrogens (tertiary/aromatic N) is 1. The zero-order chi connectivity index (χ0) is 15.8. The fourth-order valence-electron chi connectivity index (χ4n) is 3.47. The molecule has 3 N–H and O–H groups in total. The Bertz CT molecular complexity index is 820. The molecule has 4 rings (SSSR count). The van der Waals surface area contributed by atoms with Crippen molar-refractivity contribution in [1.82, 2.24) is 15.6 Å². The van der Waals surface area contributed by atoms with Crippen LogP contribution in [0.1, 0.15) is 34.6 Å². The predicted molar refractivity (Wildman–Crippen MR) is 89.4 cm³/mol. The van der Waals surface area contributed by atoms with Gasteiger partial charge in [-0.05, 0) is 31.4 Å². The van der Waals surface area contributed by atoms with Crippen LogP contribution in [0.3, 0.4) is 0 Å². The lowest BCUT2D eigenvalue weighted by molar-refractivity contribution is 0.0926. The molecule has 0 aromatic carbocycles. The van der Waals surface area contributed by atoms with E-state index in [1.807, 2.05) is 12.1 Å². The molecular formula is C17H17N3O2S. The van der Waals surface area contributed by atoms with E-state index in [0.29, 0.717) is 17.8 Å². The third-order valence-corrected chi connectivity index (χ3v) is 5.55. The zero-order valence-electron chi connectivity index (χ0n) is 12.5. The molecule has 6 heteroatoms. The van der Waals surface area contributed by atoms with Crippen molar-refractivity contribution in [3.63, 3.8) is 0 Å². The third-order valence-electron chi connectivity index (χ3n) is 4.54. The minimum absolute atomic E-state index is 0.109. The predicted octanol–water partition coefficient (Wildman–Crippen LogP) is 1.26. The molecule has 3 atom stereocenters. The van der Waals surface area contributed by atoms with E-state index in [1.165, 1.54) is 17.8 Å². The average molecular weight is 327 g/mol. The highest BCUT2D eigenvalue weighted by Crippen LogP contribution is 2.29. The first-order valence-electron chi connectivity index (χ1n) is 7.79. The van der Waals surface area contributed by atoms with Crippen molar-refractivity contribution in [2.24, 2.45) is 0 Å². The second-order valence-corrected chi connectivity index (χ2v) is 7.12. The van der Waals surface area contributed by atoms with Crippen LogP contribution in [-0.4, -0.2) is 40.7 Å². The van der Waals surface area contributed by atoms with Gasteiger partial charge in [-0.25, -0.2) is 0 Å². The average Bonchev–Trinajstić information content (AvgIpc) is 3.26. The van der Waals surface area contributed by atoms with Gasteiger partial charge in [0.1, 0.15) is 12.3 Å². The molecule has 0 aliphatic carbocycles. The highest BCUT2D eigenvalue weighted by atomic mass is 32.1. The van der Waals surface area contributed by atoms with Crippen molar-refractivity contribution >= 4 is 27.3 Å². The Morgan fingerprint density at radius 1 is 1.48 bits per heavy atom. The molecular weight excluding hydrogens is 310 g/mol. The van der Waals surface area contributed by atoms with Gasteiger partial charge in [0.25, 0.3) is 5.91 Å². The number of nitrogens with one attached hydrogen (secondary N) is 2. The topological polar surface area (TPSA) is 74.2 Å². The fraction of sp³-hybridized carbons (Fsp3) is 0.412. The molecule has 4 heterocycles. The molecule has 0 radical (unpaired) electrons. The number of hydrogen-bond acceptors (Lipinski definition) is 5. The van der Waals surface area contributed by atoms with Crippen LogP contribution in [0.5, 0.6) is 0 Å². The Balaban J connectivity index is 1.52. The largest absolute Gasteiger partial charge is 0.384 e. The molecule has 2 aromatic rings. The molecule has 2 fully saturated rings. The maximum absolute atomic E-state index is 12.4. The maximum Gasteiger partial charge on any atom is 0.270 e. The maximum atomic E-state index is 12.4. The van der Waals surface area contributed by atoms with Crippen molar-refractivity contribution in [3.8, 4) is 11.8 Å². The molecule has 0 saturated carbocycles. The van der Waals surface area contributed by atoms with E-state index in [2.05, 4.69) is 27.5 Å². The van der Waals surface area contributed by atoms with E-state index in [4.69, 9.17) is 5.11 Å². The summed E-state index contributed by atoms with van der Waals surface area (Å²) in [4.78, 5) is 17.6. The van der Waals surface area contributed by atoms with Crippen LogP contribution in [0.4, 0.5) is 0 Å². The summed E-state index contributed by atoms with van der Waals surface area (Å²) in [6.45, 7) is -0.155. The zero-order valence-corrected chi connectivity index (χ0v) is 13.3. The lowest BCUT2D eigenvalue weighted by atomic mass is 9.95. The smallest absolute Gasteiger partial charge is 0.270 e. The minimum Gasteiger partial charge on any atom is -0.384 e. The highest BCUT2D eigenvalue weighted by Gasteiger charge is 2.39. The Kier molecular flexibility index (Phi) is 3.77. The Labute approximate surface area is 138 Å². The molecule has 2 aliphatic heterocycles. The van der Waals surface area contributed by atoms with Gasteiger partial charge >= 0.3 is 0 Å². The molecule has 5 nitrogen and oxygen atoms in total. The van der Waals surface area contributed by atoms with E-state index >= 15 is 0 Å². The first kappa shape index (κ1) is 14.6. The number of aliphatic hydroxyl groups excluding tert-OH is 1. The molecule has 118 valence electrons. The third kappa shape index (κ3) is 2.83. The van der Waals surface area contributed by atoms with Crippen LogP contribution in [0.2, 0.25) is 0 Å². The molecule has 1 amide bonds. The Morgan fingerprint density at radius 3 is 3.13 bits per heavy atom. The van der Waals surface area contributed by atoms with Gasteiger partial charge in [0.15, 0.2) is 0 Å². The molecule has 2 aliphatic rings. The summed E-state index contributed by atoms with van der Waals surface area (Å²) in [6.07, 6.45) is 5.08. The number of fused-ring (bicyclic) bond motifs is 3. The normalized spacial score (nSPS) is 25.3. The van der Waals surface area contributed by atoms with Gasteiger partial charge in [0.2, 0.25) is 0 Å². The van der Waals surface area contributed by atoms with Crippen molar-refractivity contribution in [3.05, 3.63) is 28.9 Å². The van der Waals surface area contributed by atoms with E-state index in [1.54, 1.807) is 6.20 Å². The van der Waals surface area contributed by atoms with Crippen LogP contribution in [0.15, 0.2) is 18.3 Å². The number of pyridine rings is 1. The fourth-order valence-corrected chi connectivity index (χ4v) is 4.42. The van der Waals surface area contributed by atoms with Gasteiger partial charge in [-0.2, -0.15) is 0 Å². The lowest BCUT2D eigenvalue weighted by Crippen LogP contribution is -2.43. The summed E-state index contributed by atoms with van der Waals surface area (Å²) < 4.78 is 0.985.